The van der Waals surface area contributed by atoms with Gasteiger partial charge in [-0.1, -0.05) is 5.16 Å². The van der Waals surface area contributed by atoms with Crippen LogP contribution in [0.2, 0.25) is 0 Å². The smallest absolute Gasteiger partial charge is 0.289 e. The predicted molar refractivity (Wildman–Crippen MR) is 86.2 cm³/mol. The molecule has 2 aromatic heterocycles. The van der Waals surface area contributed by atoms with E-state index in [1.807, 2.05) is 17.0 Å². The second kappa shape index (κ2) is 8.30. The summed E-state index contributed by atoms with van der Waals surface area (Å²) < 4.78 is 15.9. The summed E-state index contributed by atoms with van der Waals surface area (Å²) in [6.07, 6.45) is 4.03. The Morgan fingerprint density at radius 1 is 1.38 bits per heavy atom. The van der Waals surface area contributed by atoms with Crippen molar-refractivity contribution in [3.8, 4) is 5.75 Å². The lowest BCUT2D eigenvalue weighted by Gasteiger charge is -2.25. The number of amides is 1. The average Bonchev–Trinajstić information content (AvgIpc) is 3.13. The summed E-state index contributed by atoms with van der Waals surface area (Å²) in [4.78, 5) is 18.0. The van der Waals surface area contributed by atoms with Crippen LogP contribution in [0, 0.1) is 0 Å². The van der Waals surface area contributed by atoms with Crippen molar-refractivity contribution in [2.24, 2.45) is 0 Å². The molecule has 0 atom stereocenters. The number of aromatic nitrogens is 2. The van der Waals surface area contributed by atoms with E-state index in [1.54, 1.807) is 18.5 Å². The highest BCUT2D eigenvalue weighted by Gasteiger charge is 2.18. The molecule has 8 nitrogen and oxygen atoms in total. The molecule has 0 radical (unpaired) electrons. The summed E-state index contributed by atoms with van der Waals surface area (Å²) in [5.74, 6) is 1.32. The highest BCUT2D eigenvalue weighted by Crippen LogP contribution is 2.15. The molecular weight excluding hydrogens is 312 g/mol. The van der Waals surface area contributed by atoms with Gasteiger partial charge in [-0.3, -0.25) is 9.78 Å². The van der Waals surface area contributed by atoms with Gasteiger partial charge in [-0.15, -0.1) is 0 Å². The van der Waals surface area contributed by atoms with E-state index in [4.69, 9.17) is 14.0 Å². The lowest BCUT2D eigenvalue weighted by atomic mass is 10.3. The van der Waals surface area contributed by atoms with E-state index in [2.05, 4.69) is 15.5 Å². The van der Waals surface area contributed by atoms with Crippen molar-refractivity contribution in [1.29, 1.82) is 0 Å². The van der Waals surface area contributed by atoms with Crippen molar-refractivity contribution < 1.29 is 18.8 Å². The van der Waals surface area contributed by atoms with E-state index < -0.39 is 0 Å². The summed E-state index contributed by atoms with van der Waals surface area (Å²) in [7, 11) is 0. The van der Waals surface area contributed by atoms with E-state index >= 15 is 0 Å². The number of carbonyl (C=O) groups excluding carboxylic acids is 1. The van der Waals surface area contributed by atoms with Crippen molar-refractivity contribution in [2.75, 3.05) is 44.4 Å². The van der Waals surface area contributed by atoms with Crippen LogP contribution in [0.1, 0.15) is 17.0 Å². The summed E-state index contributed by atoms with van der Waals surface area (Å²) in [5.41, 5.74) is 0. The molecule has 3 rings (SSSR count). The van der Waals surface area contributed by atoms with Crippen LogP contribution in [0.4, 0.5) is 5.82 Å². The Kier molecular flexibility index (Phi) is 5.62. The van der Waals surface area contributed by atoms with Crippen molar-refractivity contribution in [3.63, 3.8) is 0 Å². The minimum absolute atomic E-state index is 0.213. The van der Waals surface area contributed by atoms with Gasteiger partial charge in [0, 0.05) is 31.9 Å². The number of nitrogens with zero attached hydrogens (tertiary/aromatic N) is 3. The number of pyridine rings is 1. The molecular formula is C16H20N4O4. The van der Waals surface area contributed by atoms with Gasteiger partial charge in [-0.05, 0) is 18.6 Å². The molecule has 1 N–H and O–H groups in total. The number of ether oxygens (including phenoxy) is 2. The number of nitrogens with one attached hydrogen (secondary N) is 1. The fraction of sp³-hybridized carbons (Fsp3) is 0.438. The SMILES string of the molecule is O=C(NCCCOc1cccnc1)c1cc(N2CCOCC2)no1. The molecule has 1 saturated heterocycles. The van der Waals surface area contributed by atoms with Crippen LogP contribution in [0.5, 0.6) is 5.75 Å². The molecule has 0 unspecified atom stereocenters. The first-order valence-electron chi connectivity index (χ1n) is 7.93. The summed E-state index contributed by atoms with van der Waals surface area (Å²) in [6.45, 7) is 3.81. The van der Waals surface area contributed by atoms with Crippen LogP contribution in [0.15, 0.2) is 35.1 Å². The molecule has 128 valence electrons. The summed E-state index contributed by atoms with van der Waals surface area (Å²) >= 11 is 0. The molecule has 0 aliphatic carbocycles. The van der Waals surface area contributed by atoms with E-state index in [9.17, 15) is 4.79 Å². The standard InChI is InChI=1S/C16H20N4O4/c21-16(18-5-2-8-23-13-3-1-4-17-12-13)14-11-15(19-24-14)20-6-9-22-10-7-20/h1,3-4,11-12H,2,5-10H2,(H,18,21). The molecule has 24 heavy (non-hydrogen) atoms. The van der Waals surface area contributed by atoms with Gasteiger partial charge < -0.3 is 24.2 Å². The largest absolute Gasteiger partial charge is 0.492 e. The number of anilines is 1. The molecule has 1 amide bonds. The van der Waals surface area contributed by atoms with Crippen LogP contribution in [0.3, 0.4) is 0 Å². The molecule has 0 saturated carbocycles. The Morgan fingerprint density at radius 3 is 3.04 bits per heavy atom. The Bertz CT molecular complexity index is 641. The van der Waals surface area contributed by atoms with E-state index in [0.717, 1.165) is 13.1 Å². The Balaban J connectivity index is 1.38. The zero-order valence-corrected chi connectivity index (χ0v) is 13.3. The van der Waals surface area contributed by atoms with Gasteiger partial charge in [-0.25, -0.2) is 0 Å². The molecule has 0 bridgehead atoms. The third kappa shape index (κ3) is 4.45. The average molecular weight is 332 g/mol. The van der Waals surface area contributed by atoms with Crippen molar-refractivity contribution in [2.45, 2.75) is 6.42 Å². The first-order chi connectivity index (χ1) is 11.8. The molecule has 0 aromatic carbocycles. The highest BCUT2D eigenvalue weighted by molar-refractivity contribution is 5.92. The second-order valence-electron chi connectivity index (χ2n) is 5.30. The molecule has 0 spiro atoms. The normalized spacial score (nSPS) is 14.4. The maximum Gasteiger partial charge on any atom is 0.289 e. The van der Waals surface area contributed by atoms with Crippen molar-refractivity contribution in [3.05, 3.63) is 36.4 Å². The van der Waals surface area contributed by atoms with Crippen LogP contribution in [-0.2, 0) is 4.74 Å². The van der Waals surface area contributed by atoms with Gasteiger partial charge in [0.25, 0.3) is 5.91 Å². The van der Waals surface area contributed by atoms with E-state index in [1.165, 1.54) is 0 Å². The molecule has 2 aromatic rings. The molecule has 8 heteroatoms. The number of morpholine rings is 1. The molecule has 1 fully saturated rings. The first-order valence-corrected chi connectivity index (χ1v) is 7.93. The van der Waals surface area contributed by atoms with Crippen LogP contribution < -0.4 is 15.0 Å². The van der Waals surface area contributed by atoms with E-state index in [0.29, 0.717) is 44.4 Å². The Hall–Kier alpha value is -2.61. The third-order valence-electron chi connectivity index (χ3n) is 3.57. The van der Waals surface area contributed by atoms with Gasteiger partial charge in [0.1, 0.15) is 5.75 Å². The van der Waals surface area contributed by atoms with Crippen molar-refractivity contribution >= 4 is 11.7 Å². The van der Waals surface area contributed by atoms with Gasteiger partial charge in [0.2, 0.25) is 5.76 Å². The summed E-state index contributed by atoms with van der Waals surface area (Å²) in [6, 6.07) is 5.31. The third-order valence-corrected chi connectivity index (χ3v) is 3.57. The monoisotopic (exact) mass is 332 g/mol. The maximum atomic E-state index is 12.0. The summed E-state index contributed by atoms with van der Waals surface area (Å²) in [5, 5.41) is 6.74. The zero-order chi connectivity index (χ0) is 16.6. The number of rotatable bonds is 7. The minimum Gasteiger partial charge on any atom is -0.492 e. The fourth-order valence-corrected chi connectivity index (χ4v) is 2.30. The number of hydrogen-bond acceptors (Lipinski definition) is 7. The molecule has 1 aliphatic heterocycles. The highest BCUT2D eigenvalue weighted by atomic mass is 16.5. The Labute approximate surface area is 139 Å². The lowest BCUT2D eigenvalue weighted by Crippen LogP contribution is -2.36. The van der Waals surface area contributed by atoms with Crippen LogP contribution in [0.25, 0.3) is 0 Å². The number of carbonyl (C=O) groups is 1. The second-order valence-corrected chi connectivity index (χ2v) is 5.30. The van der Waals surface area contributed by atoms with Gasteiger partial charge in [0.05, 0.1) is 26.0 Å². The van der Waals surface area contributed by atoms with Gasteiger partial charge in [-0.2, -0.15) is 0 Å². The minimum atomic E-state index is -0.275. The molecule has 1 aliphatic rings. The zero-order valence-electron chi connectivity index (χ0n) is 13.3. The van der Waals surface area contributed by atoms with E-state index in [-0.39, 0.29) is 11.7 Å². The van der Waals surface area contributed by atoms with Gasteiger partial charge >= 0.3 is 0 Å². The van der Waals surface area contributed by atoms with Crippen molar-refractivity contribution in [1.82, 2.24) is 15.5 Å². The van der Waals surface area contributed by atoms with Crippen LogP contribution in [-0.4, -0.2) is 55.5 Å². The topological polar surface area (TPSA) is 89.7 Å². The predicted octanol–water partition coefficient (Wildman–Crippen LogP) is 1.11. The van der Waals surface area contributed by atoms with Crippen LogP contribution >= 0.6 is 0 Å². The van der Waals surface area contributed by atoms with Gasteiger partial charge in [0.15, 0.2) is 5.82 Å². The lowest BCUT2D eigenvalue weighted by molar-refractivity contribution is 0.0914. The first kappa shape index (κ1) is 16.3. The quantitative estimate of drug-likeness (QED) is 0.760. The Morgan fingerprint density at radius 2 is 2.25 bits per heavy atom. The number of hydrogen-bond donors (Lipinski definition) is 1. The maximum absolute atomic E-state index is 12.0. The fourth-order valence-electron chi connectivity index (χ4n) is 2.30. The molecule has 3 heterocycles.